The molecule has 0 bridgehead atoms. The zero-order chi connectivity index (χ0) is 11.5. The molecule has 0 aromatic carbocycles. The lowest BCUT2D eigenvalue weighted by Gasteiger charge is -2.37. The zero-order valence-electron chi connectivity index (χ0n) is 10.5. The van der Waals surface area contributed by atoms with Crippen LogP contribution in [0.5, 0.6) is 0 Å². The first-order chi connectivity index (χ1) is 6.92. The standard InChI is InChI=1S/C12H25NO2/c1-12(2,14)9-13(3)10-6-5-7-11(8-10)15-4/h10-11,14H,5-9H2,1-4H3. The van der Waals surface area contributed by atoms with Crippen LogP contribution in [0, 0.1) is 0 Å². The molecule has 1 rings (SSSR count). The van der Waals surface area contributed by atoms with E-state index in [0.717, 1.165) is 13.0 Å². The quantitative estimate of drug-likeness (QED) is 0.774. The van der Waals surface area contributed by atoms with Gasteiger partial charge in [-0.25, -0.2) is 0 Å². The van der Waals surface area contributed by atoms with Crippen LogP contribution >= 0.6 is 0 Å². The van der Waals surface area contributed by atoms with Crippen LogP contribution in [0.3, 0.4) is 0 Å². The monoisotopic (exact) mass is 215 g/mol. The minimum Gasteiger partial charge on any atom is -0.389 e. The summed E-state index contributed by atoms with van der Waals surface area (Å²) in [6.07, 6.45) is 5.16. The van der Waals surface area contributed by atoms with Gasteiger partial charge in [0.25, 0.3) is 0 Å². The molecule has 0 aromatic heterocycles. The summed E-state index contributed by atoms with van der Waals surface area (Å²) in [5, 5.41) is 9.77. The van der Waals surface area contributed by atoms with Crippen molar-refractivity contribution < 1.29 is 9.84 Å². The van der Waals surface area contributed by atoms with Crippen LogP contribution in [-0.4, -0.2) is 48.5 Å². The van der Waals surface area contributed by atoms with Gasteiger partial charge in [-0.2, -0.15) is 0 Å². The SMILES string of the molecule is COC1CCCC(N(C)CC(C)(C)O)C1. The van der Waals surface area contributed by atoms with Crippen molar-refractivity contribution in [3.8, 4) is 0 Å². The Labute approximate surface area is 93.4 Å². The van der Waals surface area contributed by atoms with Gasteiger partial charge in [-0.15, -0.1) is 0 Å². The molecule has 0 aromatic rings. The number of hydrogen-bond donors (Lipinski definition) is 1. The molecule has 0 heterocycles. The highest BCUT2D eigenvalue weighted by atomic mass is 16.5. The van der Waals surface area contributed by atoms with Crippen molar-refractivity contribution in [3.63, 3.8) is 0 Å². The van der Waals surface area contributed by atoms with E-state index in [2.05, 4.69) is 11.9 Å². The molecule has 1 fully saturated rings. The summed E-state index contributed by atoms with van der Waals surface area (Å²) in [6.45, 7) is 4.45. The van der Waals surface area contributed by atoms with Gasteiger partial charge in [0, 0.05) is 19.7 Å². The van der Waals surface area contributed by atoms with Crippen molar-refractivity contribution in [2.45, 2.75) is 57.3 Å². The second-order valence-electron chi connectivity index (χ2n) is 5.41. The van der Waals surface area contributed by atoms with Gasteiger partial charge in [0.1, 0.15) is 0 Å². The van der Waals surface area contributed by atoms with Crippen LogP contribution in [0.4, 0.5) is 0 Å². The van der Waals surface area contributed by atoms with Gasteiger partial charge < -0.3 is 14.7 Å². The van der Waals surface area contributed by atoms with E-state index in [1.165, 1.54) is 19.3 Å². The topological polar surface area (TPSA) is 32.7 Å². The highest BCUT2D eigenvalue weighted by Gasteiger charge is 2.27. The Morgan fingerprint density at radius 3 is 2.60 bits per heavy atom. The van der Waals surface area contributed by atoms with Crippen LogP contribution in [-0.2, 0) is 4.74 Å². The molecule has 1 saturated carbocycles. The maximum Gasteiger partial charge on any atom is 0.0718 e. The highest BCUT2D eigenvalue weighted by Crippen LogP contribution is 2.24. The summed E-state index contributed by atoms with van der Waals surface area (Å²) >= 11 is 0. The third kappa shape index (κ3) is 4.49. The first kappa shape index (κ1) is 12.9. The minimum absolute atomic E-state index is 0.410. The van der Waals surface area contributed by atoms with Crippen molar-refractivity contribution in [1.82, 2.24) is 4.90 Å². The van der Waals surface area contributed by atoms with Gasteiger partial charge in [-0.3, -0.25) is 0 Å². The number of hydrogen-bond acceptors (Lipinski definition) is 3. The molecule has 0 radical (unpaired) electrons. The van der Waals surface area contributed by atoms with Crippen molar-refractivity contribution in [2.75, 3.05) is 20.7 Å². The molecule has 3 nitrogen and oxygen atoms in total. The van der Waals surface area contributed by atoms with Gasteiger partial charge in [-0.1, -0.05) is 0 Å². The van der Waals surface area contributed by atoms with Crippen LogP contribution in [0.2, 0.25) is 0 Å². The van der Waals surface area contributed by atoms with E-state index in [0.29, 0.717) is 12.1 Å². The molecule has 0 amide bonds. The molecule has 1 aliphatic carbocycles. The van der Waals surface area contributed by atoms with Gasteiger partial charge in [0.15, 0.2) is 0 Å². The van der Waals surface area contributed by atoms with Gasteiger partial charge in [0.2, 0.25) is 0 Å². The molecule has 0 saturated heterocycles. The van der Waals surface area contributed by atoms with Gasteiger partial charge >= 0.3 is 0 Å². The summed E-state index contributed by atoms with van der Waals surface area (Å²) < 4.78 is 5.41. The van der Waals surface area contributed by atoms with Crippen molar-refractivity contribution in [2.24, 2.45) is 0 Å². The van der Waals surface area contributed by atoms with E-state index in [1.54, 1.807) is 7.11 Å². The van der Waals surface area contributed by atoms with Crippen molar-refractivity contribution in [1.29, 1.82) is 0 Å². The molecular formula is C12H25NO2. The zero-order valence-corrected chi connectivity index (χ0v) is 10.5. The second-order valence-corrected chi connectivity index (χ2v) is 5.41. The second kappa shape index (κ2) is 5.28. The lowest BCUT2D eigenvalue weighted by atomic mass is 9.91. The average molecular weight is 215 g/mol. The molecule has 1 aliphatic rings. The Bertz CT molecular complexity index is 189. The molecule has 90 valence electrons. The number of aliphatic hydroxyl groups is 1. The summed E-state index contributed by atoms with van der Waals surface area (Å²) in [7, 11) is 3.89. The Morgan fingerprint density at radius 2 is 2.07 bits per heavy atom. The Morgan fingerprint density at radius 1 is 1.40 bits per heavy atom. The molecule has 3 heteroatoms. The number of rotatable bonds is 4. The summed E-state index contributed by atoms with van der Waals surface area (Å²) in [5.41, 5.74) is -0.602. The Hall–Kier alpha value is -0.120. The first-order valence-electron chi connectivity index (χ1n) is 5.88. The molecule has 2 atom stereocenters. The fraction of sp³-hybridized carbons (Fsp3) is 1.00. The maximum absolute atomic E-state index is 9.77. The molecule has 15 heavy (non-hydrogen) atoms. The molecular weight excluding hydrogens is 190 g/mol. The van der Waals surface area contributed by atoms with E-state index < -0.39 is 5.60 Å². The van der Waals surface area contributed by atoms with E-state index >= 15 is 0 Å². The fourth-order valence-corrected chi connectivity index (χ4v) is 2.47. The molecule has 1 N–H and O–H groups in total. The van der Waals surface area contributed by atoms with Crippen LogP contribution in [0.25, 0.3) is 0 Å². The van der Waals surface area contributed by atoms with Crippen LogP contribution < -0.4 is 0 Å². The summed E-state index contributed by atoms with van der Waals surface area (Å²) in [6, 6.07) is 0.565. The normalized spacial score (nSPS) is 28.4. The number of likely N-dealkylation sites (N-methyl/N-ethyl adjacent to an activating group) is 1. The van der Waals surface area contributed by atoms with E-state index in [1.807, 2.05) is 13.8 Å². The van der Waals surface area contributed by atoms with Gasteiger partial charge in [0.05, 0.1) is 11.7 Å². The lowest BCUT2D eigenvalue weighted by Crippen LogP contribution is -2.44. The highest BCUT2D eigenvalue weighted by molar-refractivity contribution is 4.82. The first-order valence-corrected chi connectivity index (χ1v) is 5.88. The van der Waals surface area contributed by atoms with Crippen molar-refractivity contribution >= 4 is 0 Å². The number of methoxy groups -OCH3 is 1. The smallest absolute Gasteiger partial charge is 0.0718 e. The number of ether oxygens (including phenoxy) is 1. The molecule has 2 unspecified atom stereocenters. The number of nitrogens with zero attached hydrogens (tertiary/aromatic N) is 1. The van der Waals surface area contributed by atoms with Crippen LogP contribution in [0.1, 0.15) is 39.5 Å². The molecule has 0 spiro atoms. The maximum atomic E-state index is 9.77. The van der Waals surface area contributed by atoms with E-state index in [9.17, 15) is 5.11 Å². The predicted octanol–water partition coefficient (Wildman–Crippen LogP) is 1.65. The fourth-order valence-electron chi connectivity index (χ4n) is 2.47. The minimum atomic E-state index is -0.602. The molecule has 0 aliphatic heterocycles. The largest absolute Gasteiger partial charge is 0.389 e. The van der Waals surface area contributed by atoms with Crippen LogP contribution in [0.15, 0.2) is 0 Å². The van der Waals surface area contributed by atoms with Gasteiger partial charge in [-0.05, 0) is 46.6 Å². The van der Waals surface area contributed by atoms with E-state index in [4.69, 9.17) is 4.74 Å². The summed E-state index contributed by atoms with van der Waals surface area (Å²) in [5.74, 6) is 0. The third-order valence-corrected chi connectivity index (χ3v) is 3.19. The van der Waals surface area contributed by atoms with Crippen molar-refractivity contribution in [3.05, 3.63) is 0 Å². The Kier molecular flexibility index (Phi) is 4.56. The third-order valence-electron chi connectivity index (χ3n) is 3.19. The average Bonchev–Trinajstić information content (AvgIpc) is 2.15. The predicted molar refractivity (Wildman–Crippen MR) is 62.0 cm³/mol. The van der Waals surface area contributed by atoms with E-state index in [-0.39, 0.29) is 0 Å². The summed E-state index contributed by atoms with van der Waals surface area (Å²) in [4.78, 5) is 2.27. The lowest BCUT2D eigenvalue weighted by molar-refractivity contribution is -0.00236. The Balaban J connectivity index is 2.41.